The van der Waals surface area contributed by atoms with E-state index in [-0.39, 0.29) is 100 Å². The van der Waals surface area contributed by atoms with E-state index < -0.39 is 129 Å². The van der Waals surface area contributed by atoms with Crippen LogP contribution < -0.4 is 30.7 Å². The molecule has 2 atom stereocenters. The molecule has 3 amide bonds. The predicted octanol–water partition coefficient (Wildman–Crippen LogP) is -3.05. The molecule has 1 aliphatic heterocycles. The third kappa shape index (κ3) is 22.6. The molecular formula is C50H66InN14O18S3+3. The molecule has 3 heterocycles. The molecule has 0 bridgehead atoms. The van der Waals surface area contributed by atoms with Gasteiger partial charge in [-0.1, -0.05) is 24.3 Å². The van der Waals surface area contributed by atoms with Gasteiger partial charge < -0.3 is 46.7 Å². The minimum Gasteiger partial charge on any atom is -0.480 e. The van der Waals surface area contributed by atoms with Crippen LogP contribution in [0.4, 0.5) is 5.95 Å². The van der Waals surface area contributed by atoms with Gasteiger partial charge in [0.15, 0.2) is 5.95 Å². The van der Waals surface area contributed by atoms with Gasteiger partial charge >= 0.3 is 49.7 Å². The van der Waals surface area contributed by atoms with Crippen molar-refractivity contribution in [1.29, 1.82) is 0 Å². The molecule has 32 nitrogen and oxygen atoms in total. The largest absolute Gasteiger partial charge is 3.00 e. The van der Waals surface area contributed by atoms with Crippen molar-refractivity contribution < 1.29 is 83.8 Å². The van der Waals surface area contributed by atoms with Crippen molar-refractivity contribution in [1.82, 2.24) is 64.7 Å². The van der Waals surface area contributed by atoms with E-state index in [9.17, 15) is 83.8 Å². The summed E-state index contributed by atoms with van der Waals surface area (Å²) < 4.78 is 92.9. The number of aromatic amines is 1. The SMILES string of the molecule is O=C(O)CN1CCN(CC(=O)O)CCN(CC(=O)N[C@@H](CS(=O)(=O)O)C(=O)NCCNS(=O)(=O)c2ccc(-c3ccc(S(=O)(=O)N[C@@H](CNC(=O)c4ccc5c(cnn5CCCNc5ncc[nH]5)c4)C(=O)O)cc3)cc2)CCN(CC(=O)O)CC1.[In+3]. The summed E-state index contributed by atoms with van der Waals surface area (Å²) in [4.78, 5) is 99.3. The van der Waals surface area contributed by atoms with Crippen molar-refractivity contribution in [2.24, 2.45) is 0 Å². The first-order valence-corrected chi connectivity index (χ1v) is 30.8. The molecule has 3 aromatic carbocycles. The predicted molar refractivity (Wildman–Crippen MR) is 308 cm³/mol. The van der Waals surface area contributed by atoms with Crippen molar-refractivity contribution in [2.75, 3.05) is 116 Å². The van der Waals surface area contributed by atoms with Crippen molar-refractivity contribution in [2.45, 2.75) is 34.8 Å². The standard InChI is InChI=1S/C50H66N14O18S3.In/c65-43(29-60-18-20-61(30-44(66)67)22-24-63(32-46(70)71)25-23-62(21-19-60)31-45(68)69)58-41(33-83(76,77)78)48(73)51-15-16-57-84(79,80)38-7-2-34(3-8-38)35-4-9-39(10-5-35)85(81,82)59-40(49(74)75)28-55-47(72)36-6-11-42-37(26-36)27-56-64(42)17-1-12-52-50-53-13-14-54-50;/h2-11,13-14,26-27,40-41,57,59H,1,12,15-25,28-33H2,(H,51,73)(H,55,72)(H,58,65)(H,66,67)(H,68,69)(H,70,71)(H,74,75)(H2,52,53,54)(H,76,77,78);/q;+3/t40-,41-;/m0./s1. The Morgan fingerprint density at radius 3 is 1.64 bits per heavy atom. The molecule has 0 aliphatic carbocycles. The van der Waals surface area contributed by atoms with Crippen LogP contribution in [0, 0.1) is 0 Å². The zero-order valence-electron chi connectivity index (χ0n) is 46.1. The number of aryl methyl sites for hydroxylation is 1. The summed E-state index contributed by atoms with van der Waals surface area (Å²) in [5, 5.41) is 53.5. The number of nitrogens with zero attached hydrogens (tertiary/aromatic N) is 7. The van der Waals surface area contributed by atoms with E-state index in [0.717, 1.165) is 11.9 Å². The van der Waals surface area contributed by atoms with Crippen LogP contribution >= 0.6 is 0 Å². The first-order chi connectivity index (χ1) is 40.2. The Hall–Kier alpha value is -7.13. The second-order valence-electron chi connectivity index (χ2n) is 19.5. The number of benzene rings is 3. The van der Waals surface area contributed by atoms with Crippen molar-refractivity contribution >= 4 is 114 Å². The molecule has 86 heavy (non-hydrogen) atoms. The van der Waals surface area contributed by atoms with E-state index in [0.29, 0.717) is 35.6 Å². The molecule has 0 saturated carbocycles. The van der Waals surface area contributed by atoms with E-state index in [1.165, 1.54) is 63.2 Å². The number of hydrogen-bond acceptors (Lipinski definition) is 20. The maximum atomic E-state index is 13.4. The van der Waals surface area contributed by atoms with E-state index >= 15 is 0 Å². The van der Waals surface area contributed by atoms with Gasteiger partial charge in [0.05, 0.1) is 47.7 Å². The average Bonchev–Trinajstić information content (AvgIpc) is 2.78. The number of nitrogens with one attached hydrogen (secondary N) is 7. The molecule has 0 unspecified atom stereocenters. The molecule has 1 aliphatic rings. The van der Waals surface area contributed by atoms with Crippen LogP contribution in [-0.2, 0) is 65.5 Å². The molecule has 6 rings (SSSR count). The van der Waals surface area contributed by atoms with E-state index in [1.807, 2.05) is 0 Å². The molecule has 5 aromatic rings. The Kier molecular flexibility index (Phi) is 26.4. The molecule has 462 valence electrons. The molecule has 2 aromatic heterocycles. The van der Waals surface area contributed by atoms with E-state index in [2.05, 4.69) is 45.8 Å². The van der Waals surface area contributed by atoms with Crippen LogP contribution in [0.2, 0.25) is 0 Å². The Balaban J connectivity index is 0.0000135. The number of fused-ring (bicyclic) bond motifs is 1. The number of imidazole rings is 1. The number of H-pyrrole nitrogens is 1. The monoisotopic (exact) mass is 1360 g/mol. The van der Waals surface area contributed by atoms with Crippen molar-refractivity contribution in [3.8, 4) is 11.1 Å². The third-order valence-corrected chi connectivity index (χ3v) is 16.8. The first kappa shape index (κ1) is 69.6. The molecule has 1 saturated heterocycles. The number of rotatable bonds is 30. The minimum atomic E-state index is -4.91. The Bertz CT molecular complexity index is 3460. The Labute approximate surface area is 512 Å². The molecular weight excluding hydrogens is 1300 g/mol. The minimum absolute atomic E-state index is 0. The number of carbonyl (C=O) groups is 7. The number of aromatic nitrogens is 4. The van der Waals surface area contributed by atoms with Gasteiger partial charge in [-0.15, -0.1) is 0 Å². The van der Waals surface area contributed by atoms with Gasteiger partial charge in [0.1, 0.15) is 17.8 Å². The van der Waals surface area contributed by atoms with Gasteiger partial charge in [0, 0.05) is 108 Å². The molecule has 0 spiro atoms. The molecule has 0 radical (unpaired) electrons. The number of aliphatic carboxylic acids is 4. The fourth-order valence-electron chi connectivity index (χ4n) is 8.79. The molecule has 12 N–H and O–H groups in total. The van der Waals surface area contributed by atoms with Crippen molar-refractivity contribution in [3.63, 3.8) is 0 Å². The van der Waals surface area contributed by atoms with Gasteiger partial charge in [0.2, 0.25) is 31.9 Å². The number of carbonyl (C=O) groups excluding carboxylic acids is 3. The average molecular weight is 1360 g/mol. The summed E-state index contributed by atoms with van der Waals surface area (Å²) in [5.41, 5.74) is 1.84. The van der Waals surface area contributed by atoms with Gasteiger partial charge in [0.25, 0.3) is 16.0 Å². The zero-order chi connectivity index (χ0) is 61.9. The summed E-state index contributed by atoms with van der Waals surface area (Å²) in [6.45, 7) is -1.47. The van der Waals surface area contributed by atoms with Crippen LogP contribution in [0.3, 0.4) is 0 Å². The number of anilines is 1. The van der Waals surface area contributed by atoms with Crippen LogP contribution in [0.15, 0.2) is 95.1 Å². The van der Waals surface area contributed by atoms with Gasteiger partial charge in [-0.3, -0.25) is 62.4 Å². The summed E-state index contributed by atoms with van der Waals surface area (Å²) in [6, 6.07) is 11.7. The Morgan fingerprint density at radius 1 is 0.628 bits per heavy atom. The van der Waals surface area contributed by atoms with Crippen LogP contribution in [0.5, 0.6) is 0 Å². The topological polar surface area (TPSA) is 455 Å². The normalized spacial score (nSPS) is 15.2. The number of amides is 3. The third-order valence-electron chi connectivity index (χ3n) is 13.1. The second-order valence-corrected chi connectivity index (χ2v) is 24.5. The Morgan fingerprint density at radius 2 is 1.15 bits per heavy atom. The quantitative estimate of drug-likeness (QED) is 0.0161. The smallest absolute Gasteiger partial charge is 0.480 e. The first-order valence-electron chi connectivity index (χ1n) is 26.2. The maximum Gasteiger partial charge on any atom is 3.00 e. The summed E-state index contributed by atoms with van der Waals surface area (Å²) in [6.07, 6.45) is 5.65. The molecule has 1 fully saturated rings. The van der Waals surface area contributed by atoms with Gasteiger partial charge in [-0.05, 0) is 60.0 Å². The van der Waals surface area contributed by atoms with E-state index in [4.69, 9.17) is 0 Å². The van der Waals surface area contributed by atoms with Crippen LogP contribution in [0.25, 0.3) is 22.0 Å². The van der Waals surface area contributed by atoms with Crippen molar-refractivity contribution in [3.05, 3.63) is 90.9 Å². The summed E-state index contributed by atoms with van der Waals surface area (Å²) >= 11 is 0. The van der Waals surface area contributed by atoms with E-state index in [1.54, 1.807) is 46.4 Å². The van der Waals surface area contributed by atoms with Crippen LogP contribution in [-0.4, -0.2) is 280 Å². The van der Waals surface area contributed by atoms with Gasteiger partial charge in [-0.2, -0.15) is 18.2 Å². The van der Waals surface area contributed by atoms with Crippen LogP contribution in [0.1, 0.15) is 16.8 Å². The number of sulfonamides is 2. The molecule has 36 heteroatoms. The summed E-state index contributed by atoms with van der Waals surface area (Å²) in [5.74, 6) is -8.37. The fraction of sp³-hybridized carbons (Fsp3) is 0.420. The second kappa shape index (κ2) is 32.6. The maximum absolute atomic E-state index is 13.4. The zero-order valence-corrected chi connectivity index (χ0v) is 51.9. The number of carboxylic acid groups (broad SMARTS) is 4. The fourth-order valence-corrected chi connectivity index (χ4v) is 11.7. The van der Waals surface area contributed by atoms with Gasteiger partial charge in [-0.25, -0.2) is 26.5 Å². The summed E-state index contributed by atoms with van der Waals surface area (Å²) in [7, 11) is -13.6. The number of carboxylic acids is 4. The number of hydrogen-bond donors (Lipinski definition) is 12.